The molecule has 0 aliphatic heterocycles. The number of pyridine rings is 1. The van der Waals surface area contributed by atoms with Crippen molar-refractivity contribution in [2.75, 3.05) is 0 Å². The first-order valence-electron chi connectivity index (χ1n) is 11.0. The van der Waals surface area contributed by atoms with Gasteiger partial charge in [0.1, 0.15) is 0 Å². The Labute approximate surface area is 203 Å². The first kappa shape index (κ1) is 21.4. The van der Waals surface area contributed by atoms with Crippen molar-refractivity contribution in [1.29, 1.82) is 0 Å². The van der Waals surface area contributed by atoms with E-state index in [1.165, 1.54) is 18.2 Å². The molecule has 0 saturated heterocycles. The predicted molar refractivity (Wildman–Crippen MR) is 131 cm³/mol. The molecular weight excluding hydrogens is 460 g/mol. The van der Waals surface area contributed by atoms with Crippen LogP contribution in [0.2, 0.25) is 0 Å². The molecule has 1 N–H and O–H groups in total. The minimum atomic E-state index is -0.754. The standard InChI is InChI=1S/C27H16N4O5/c1-14-21-22(15-11-12-20(32)19(13-15)31(35)36)23-24(17-9-5-6-10-18(17)25(33)26(23)34)28-27(21)30(29-14)16-7-3-2-4-8-16/h2-13,32H,1H3. The molecule has 0 unspecified atom stereocenters. The number of carbonyl (C=O) groups is 2. The number of rotatable bonds is 3. The fourth-order valence-electron chi connectivity index (χ4n) is 4.72. The summed E-state index contributed by atoms with van der Waals surface area (Å²) >= 11 is 0. The maximum absolute atomic E-state index is 13.5. The summed E-state index contributed by atoms with van der Waals surface area (Å²) in [5.74, 6) is -1.94. The highest BCUT2D eigenvalue weighted by atomic mass is 16.6. The molecule has 9 nitrogen and oxygen atoms in total. The van der Waals surface area contributed by atoms with Crippen LogP contribution in [0.5, 0.6) is 5.75 Å². The number of aromatic nitrogens is 3. The summed E-state index contributed by atoms with van der Waals surface area (Å²) in [6.45, 7) is 1.75. The van der Waals surface area contributed by atoms with Crippen molar-refractivity contribution >= 4 is 28.3 Å². The SMILES string of the molecule is Cc1nn(-c2ccccc2)c2nc3c(c(-c4ccc(O)c([N+](=O)[O-])c4)c12)C(=O)C(=O)c1ccccc1-3. The molecule has 0 bridgehead atoms. The molecule has 1 aliphatic carbocycles. The lowest BCUT2D eigenvalue weighted by atomic mass is 9.82. The highest BCUT2D eigenvalue weighted by Gasteiger charge is 2.36. The molecule has 5 aromatic rings. The summed E-state index contributed by atoms with van der Waals surface area (Å²) in [6.07, 6.45) is 0. The largest absolute Gasteiger partial charge is 0.502 e. The van der Waals surface area contributed by atoms with E-state index in [9.17, 15) is 24.8 Å². The molecule has 0 fully saturated rings. The third-order valence-corrected chi connectivity index (χ3v) is 6.31. The van der Waals surface area contributed by atoms with Crippen LogP contribution in [0.3, 0.4) is 0 Å². The molecule has 0 spiro atoms. The van der Waals surface area contributed by atoms with Gasteiger partial charge in [0, 0.05) is 22.8 Å². The van der Waals surface area contributed by atoms with Crippen molar-refractivity contribution in [3.63, 3.8) is 0 Å². The Kier molecular flexibility index (Phi) is 4.55. The highest BCUT2D eigenvalue weighted by molar-refractivity contribution is 6.54. The average Bonchev–Trinajstić information content (AvgIpc) is 3.23. The number of hydrogen-bond donors (Lipinski definition) is 1. The van der Waals surface area contributed by atoms with Gasteiger partial charge in [-0.2, -0.15) is 5.10 Å². The third kappa shape index (κ3) is 2.96. The van der Waals surface area contributed by atoms with Gasteiger partial charge in [-0.05, 0) is 30.7 Å². The van der Waals surface area contributed by atoms with Gasteiger partial charge in [-0.1, -0.05) is 48.5 Å². The molecule has 0 radical (unpaired) electrons. The maximum Gasteiger partial charge on any atom is 0.311 e. The number of nitrogens with zero attached hydrogens (tertiary/aromatic N) is 4. The van der Waals surface area contributed by atoms with Gasteiger partial charge >= 0.3 is 5.69 Å². The summed E-state index contributed by atoms with van der Waals surface area (Å²) < 4.78 is 1.65. The van der Waals surface area contributed by atoms with Gasteiger partial charge < -0.3 is 5.11 Å². The van der Waals surface area contributed by atoms with Crippen molar-refractivity contribution in [2.45, 2.75) is 6.92 Å². The second-order valence-electron chi connectivity index (χ2n) is 8.41. The summed E-state index contributed by atoms with van der Waals surface area (Å²) in [5, 5.41) is 26.8. The van der Waals surface area contributed by atoms with Crippen LogP contribution in [0, 0.1) is 17.0 Å². The number of aromatic hydroxyl groups is 1. The molecule has 0 amide bonds. The number of phenolic OH excluding ortho intramolecular Hbond substituents is 1. The van der Waals surface area contributed by atoms with E-state index in [0.29, 0.717) is 39.1 Å². The van der Waals surface area contributed by atoms with Crippen molar-refractivity contribution < 1.29 is 19.6 Å². The first-order chi connectivity index (χ1) is 17.4. The summed E-state index contributed by atoms with van der Waals surface area (Å²) in [7, 11) is 0. The molecule has 2 aromatic heterocycles. The van der Waals surface area contributed by atoms with Gasteiger partial charge in [-0.3, -0.25) is 19.7 Å². The van der Waals surface area contributed by atoms with E-state index in [4.69, 9.17) is 4.98 Å². The highest BCUT2D eigenvalue weighted by Crippen LogP contribution is 2.44. The normalized spacial score (nSPS) is 12.5. The van der Waals surface area contributed by atoms with Crippen molar-refractivity contribution in [3.05, 3.63) is 99.7 Å². The van der Waals surface area contributed by atoms with E-state index in [1.54, 1.807) is 35.9 Å². The molecular formula is C27H16N4O5. The van der Waals surface area contributed by atoms with E-state index in [2.05, 4.69) is 5.10 Å². The number of Topliss-reactive ketones (excluding diaryl/α,β-unsaturated/α-hetero) is 2. The quantitative estimate of drug-likeness (QED) is 0.219. The van der Waals surface area contributed by atoms with Crippen molar-refractivity contribution in [2.24, 2.45) is 0 Å². The summed E-state index contributed by atoms with van der Waals surface area (Å²) in [4.78, 5) is 42.3. The van der Waals surface area contributed by atoms with E-state index < -0.39 is 27.9 Å². The average molecular weight is 476 g/mol. The van der Waals surface area contributed by atoms with Gasteiger partial charge in [0.2, 0.25) is 11.6 Å². The molecule has 9 heteroatoms. The number of nitro groups is 1. The molecule has 3 aromatic carbocycles. The Morgan fingerprint density at radius 2 is 1.58 bits per heavy atom. The number of phenols is 1. The Hall–Kier alpha value is -5.18. The second-order valence-corrected chi connectivity index (χ2v) is 8.41. The monoisotopic (exact) mass is 476 g/mol. The van der Waals surface area contributed by atoms with E-state index in [-0.39, 0.29) is 11.1 Å². The minimum absolute atomic E-state index is 0.0573. The number of fused-ring (bicyclic) bond motifs is 4. The smallest absolute Gasteiger partial charge is 0.311 e. The zero-order chi connectivity index (χ0) is 25.1. The lowest BCUT2D eigenvalue weighted by Gasteiger charge is -2.21. The van der Waals surface area contributed by atoms with Crippen molar-refractivity contribution in [1.82, 2.24) is 14.8 Å². The van der Waals surface area contributed by atoms with Crippen LogP contribution in [0.15, 0.2) is 72.8 Å². The number of benzene rings is 3. The summed E-state index contributed by atoms with van der Waals surface area (Å²) in [6, 6.07) is 19.9. The van der Waals surface area contributed by atoms with Crippen LogP contribution in [-0.4, -0.2) is 36.4 Å². The number of para-hydroxylation sites is 1. The van der Waals surface area contributed by atoms with E-state index in [0.717, 1.165) is 5.69 Å². The zero-order valence-corrected chi connectivity index (χ0v) is 18.8. The molecule has 1 aliphatic rings. The van der Waals surface area contributed by atoms with Crippen LogP contribution < -0.4 is 0 Å². The third-order valence-electron chi connectivity index (χ3n) is 6.31. The van der Waals surface area contributed by atoms with Crippen LogP contribution in [-0.2, 0) is 0 Å². The van der Waals surface area contributed by atoms with Crippen LogP contribution in [0.4, 0.5) is 5.69 Å². The Morgan fingerprint density at radius 1 is 0.889 bits per heavy atom. The molecule has 0 saturated carbocycles. The molecule has 2 heterocycles. The fraction of sp³-hybridized carbons (Fsp3) is 0.0370. The maximum atomic E-state index is 13.5. The number of aryl methyl sites for hydroxylation is 1. The van der Waals surface area contributed by atoms with Gasteiger partial charge in [0.15, 0.2) is 11.4 Å². The van der Waals surface area contributed by atoms with Crippen LogP contribution in [0.25, 0.3) is 39.1 Å². The Morgan fingerprint density at radius 3 is 2.31 bits per heavy atom. The number of ketones is 2. The van der Waals surface area contributed by atoms with E-state index in [1.807, 2.05) is 30.3 Å². The van der Waals surface area contributed by atoms with E-state index >= 15 is 0 Å². The second kappa shape index (κ2) is 7.67. The topological polar surface area (TPSA) is 128 Å². The Balaban J connectivity index is 1.81. The van der Waals surface area contributed by atoms with Gasteiger partial charge in [-0.15, -0.1) is 0 Å². The fourth-order valence-corrected chi connectivity index (χ4v) is 4.72. The number of carbonyl (C=O) groups excluding carboxylic acids is 2. The van der Waals surface area contributed by atoms with Crippen molar-refractivity contribution in [3.8, 4) is 33.8 Å². The predicted octanol–water partition coefficient (Wildman–Crippen LogP) is 5.06. The first-order valence-corrected chi connectivity index (χ1v) is 11.0. The lowest BCUT2D eigenvalue weighted by molar-refractivity contribution is -0.385. The van der Waals surface area contributed by atoms with Crippen LogP contribution >= 0.6 is 0 Å². The van der Waals surface area contributed by atoms with Crippen LogP contribution in [0.1, 0.15) is 26.4 Å². The molecule has 0 atom stereocenters. The molecule has 36 heavy (non-hydrogen) atoms. The lowest BCUT2D eigenvalue weighted by Crippen LogP contribution is -2.23. The number of hydrogen-bond acceptors (Lipinski definition) is 7. The van der Waals surface area contributed by atoms with Gasteiger partial charge in [-0.25, -0.2) is 9.67 Å². The molecule has 6 rings (SSSR count). The van der Waals surface area contributed by atoms with Gasteiger partial charge in [0.25, 0.3) is 0 Å². The Bertz CT molecular complexity index is 1770. The number of nitro benzene ring substituents is 1. The zero-order valence-electron chi connectivity index (χ0n) is 18.8. The summed E-state index contributed by atoms with van der Waals surface area (Å²) in [5.41, 5.74) is 2.86. The molecule has 174 valence electrons. The minimum Gasteiger partial charge on any atom is -0.502 e. The van der Waals surface area contributed by atoms with Gasteiger partial charge in [0.05, 0.1) is 32.9 Å².